The molecule has 0 bridgehead atoms. The molecule has 8 nitrogen and oxygen atoms in total. The number of hydrogen-bond donors (Lipinski definition) is 1. The summed E-state index contributed by atoms with van der Waals surface area (Å²) >= 11 is 0. The molecule has 1 aliphatic heterocycles. The van der Waals surface area contributed by atoms with Gasteiger partial charge in [0.2, 0.25) is 10.0 Å². The molecule has 0 saturated carbocycles. The minimum absolute atomic E-state index is 0.00250. The van der Waals surface area contributed by atoms with Gasteiger partial charge in [0, 0.05) is 19.1 Å². The van der Waals surface area contributed by atoms with Gasteiger partial charge in [-0.2, -0.15) is 0 Å². The molecule has 3 rings (SSSR count). The van der Waals surface area contributed by atoms with Gasteiger partial charge in [-0.3, -0.25) is 4.79 Å². The first-order valence-electron chi connectivity index (χ1n) is 10.2. The Morgan fingerprint density at radius 3 is 2.45 bits per heavy atom. The zero-order chi connectivity index (χ0) is 22.4. The summed E-state index contributed by atoms with van der Waals surface area (Å²) in [6.07, 6.45) is 0. The maximum absolute atomic E-state index is 13.0. The van der Waals surface area contributed by atoms with Gasteiger partial charge in [0.25, 0.3) is 5.91 Å². The second-order valence-electron chi connectivity index (χ2n) is 7.11. The van der Waals surface area contributed by atoms with Crippen molar-refractivity contribution < 1.29 is 27.4 Å². The van der Waals surface area contributed by atoms with Gasteiger partial charge in [0.1, 0.15) is 11.5 Å². The highest BCUT2D eigenvalue weighted by molar-refractivity contribution is 7.89. The van der Waals surface area contributed by atoms with Crippen molar-refractivity contribution in [3.63, 3.8) is 0 Å². The molecule has 0 aromatic heterocycles. The molecular formula is C22H28N2O6S. The van der Waals surface area contributed by atoms with Crippen molar-refractivity contribution in [2.24, 2.45) is 0 Å². The van der Waals surface area contributed by atoms with E-state index in [1.807, 2.05) is 19.1 Å². The lowest BCUT2D eigenvalue weighted by atomic mass is 10.1. The zero-order valence-electron chi connectivity index (χ0n) is 18.0. The number of morpholine rings is 1. The Morgan fingerprint density at radius 2 is 1.84 bits per heavy atom. The average Bonchev–Trinajstić information content (AvgIpc) is 2.79. The largest absolute Gasteiger partial charge is 0.496 e. The monoisotopic (exact) mass is 448 g/mol. The van der Waals surface area contributed by atoms with Crippen LogP contribution in [0.15, 0.2) is 47.4 Å². The molecule has 168 valence electrons. The van der Waals surface area contributed by atoms with Gasteiger partial charge in [-0.25, -0.2) is 13.1 Å². The van der Waals surface area contributed by atoms with Crippen LogP contribution in [0.25, 0.3) is 0 Å². The molecule has 1 heterocycles. The first kappa shape index (κ1) is 23.1. The van der Waals surface area contributed by atoms with E-state index in [0.29, 0.717) is 38.7 Å². The van der Waals surface area contributed by atoms with Gasteiger partial charge >= 0.3 is 0 Å². The Morgan fingerprint density at radius 1 is 1.16 bits per heavy atom. The second-order valence-corrected chi connectivity index (χ2v) is 8.83. The average molecular weight is 449 g/mol. The predicted molar refractivity (Wildman–Crippen MR) is 116 cm³/mol. The normalized spacial score (nSPS) is 15.4. The van der Waals surface area contributed by atoms with Crippen molar-refractivity contribution in [3.8, 4) is 11.5 Å². The molecule has 0 radical (unpaired) electrons. The Bertz CT molecular complexity index is 1000. The fraction of sp³-hybridized carbons (Fsp3) is 0.409. The van der Waals surface area contributed by atoms with Crippen LogP contribution in [-0.2, 0) is 14.8 Å². The third kappa shape index (κ3) is 5.55. The first-order chi connectivity index (χ1) is 14.9. The molecule has 9 heteroatoms. The van der Waals surface area contributed by atoms with Crippen molar-refractivity contribution in [2.45, 2.75) is 24.8 Å². The van der Waals surface area contributed by atoms with E-state index in [9.17, 15) is 13.2 Å². The third-order valence-electron chi connectivity index (χ3n) is 5.03. The van der Waals surface area contributed by atoms with Crippen LogP contribution in [0.5, 0.6) is 11.5 Å². The molecule has 1 saturated heterocycles. The number of sulfonamides is 1. The second kappa shape index (κ2) is 10.1. The molecule has 1 amide bonds. The molecule has 1 N–H and O–H groups in total. The molecule has 2 aromatic carbocycles. The Hall–Kier alpha value is -2.62. The number of ether oxygens (including phenoxy) is 3. The predicted octanol–water partition coefficient (Wildman–Crippen LogP) is 2.61. The number of amides is 1. The standard InChI is InChI=1S/C22H28N2O6S/c1-4-30-18-7-5-17(6-8-18)16(2)23-31(26,27)19-9-10-21(28-3)20(15-19)22(25)24-11-13-29-14-12-24/h5-10,15-16,23H,4,11-14H2,1-3H3. The summed E-state index contributed by atoms with van der Waals surface area (Å²) in [6.45, 7) is 6.02. The van der Waals surface area contributed by atoms with Gasteiger partial charge in [0.05, 0.1) is 37.4 Å². The molecule has 0 aliphatic carbocycles. The fourth-order valence-electron chi connectivity index (χ4n) is 3.35. The van der Waals surface area contributed by atoms with Crippen LogP contribution in [0.4, 0.5) is 0 Å². The maximum atomic E-state index is 13.0. The Kier molecular flexibility index (Phi) is 7.53. The summed E-state index contributed by atoms with van der Waals surface area (Å²) < 4.78 is 44.7. The quantitative estimate of drug-likeness (QED) is 0.667. The molecule has 1 atom stereocenters. The van der Waals surface area contributed by atoms with E-state index in [1.54, 1.807) is 24.0 Å². The minimum atomic E-state index is -3.87. The van der Waals surface area contributed by atoms with Crippen molar-refractivity contribution in [2.75, 3.05) is 40.0 Å². The number of benzene rings is 2. The van der Waals surface area contributed by atoms with E-state index in [-0.39, 0.29) is 16.4 Å². The summed E-state index contributed by atoms with van der Waals surface area (Å²) in [5.41, 5.74) is 1.01. The maximum Gasteiger partial charge on any atom is 0.257 e. The van der Waals surface area contributed by atoms with Crippen LogP contribution in [0.1, 0.15) is 35.8 Å². The highest BCUT2D eigenvalue weighted by atomic mass is 32.2. The summed E-state index contributed by atoms with van der Waals surface area (Å²) in [5, 5.41) is 0. The van der Waals surface area contributed by atoms with Crippen molar-refractivity contribution >= 4 is 15.9 Å². The van der Waals surface area contributed by atoms with Crippen LogP contribution in [0, 0.1) is 0 Å². The molecule has 31 heavy (non-hydrogen) atoms. The topological polar surface area (TPSA) is 94.2 Å². The molecule has 0 spiro atoms. The van der Waals surface area contributed by atoms with E-state index in [2.05, 4.69) is 4.72 Å². The molecule has 1 unspecified atom stereocenters. The number of methoxy groups -OCH3 is 1. The molecule has 2 aromatic rings. The lowest BCUT2D eigenvalue weighted by Gasteiger charge is -2.27. The number of nitrogens with zero attached hydrogens (tertiary/aromatic N) is 1. The SMILES string of the molecule is CCOc1ccc(C(C)NS(=O)(=O)c2ccc(OC)c(C(=O)N3CCOCC3)c2)cc1. The number of carbonyl (C=O) groups excluding carboxylic acids is 1. The van der Waals surface area contributed by atoms with Crippen LogP contribution < -0.4 is 14.2 Å². The minimum Gasteiger partial charge on any atom is -0.496 e. The van der Waals surface area contributed by atoms with E-state index in [4.69, 9.17) is 14.2 Å². The Labute approximate surface area is 183 Å². The van der Waals surface area contributed by atoms with Gasteiger partial charge in [0.15, 0.2) is 0 Å². The van der Waals surface area contributed by atoms with Crippen LogP contribution in [0.3, 0.4) is 0 Å². The highest BCUT2D eigenvalue weighted by Gasteiger charge is 2.25. The molecular weight excluding hydrogens is 420 g/mol. The van der Waals surface area contributed by atoms with Crippen molar-refractivity contribution in [3.05, 3.63) is 53.6 Å². The van der Waals surface area contributed by atoms with Crippen LogP contribution in [-0.4, -0.2) is 59.2 Å². The van der Waals surface area contributed by atoms with Gasteiger partial charge in [-0.15, -0.1) is 0 Å². The van der Waals surface area contributed by atoms with Gasteiger partial charge in [-0.05, 0) is 49.7 Å². The van der Waals surface area contributed by atoms with Crippen molar-refractivity contribution in [1.29, 1.82) is 0 Å². The van der Waals surface area contributed by atoms with Gasteiger partial charge < -0.3 is 19.1 Å². The van der Waals surface area contributed by atoms with E-state index in [1.165, 1.54) is 25.3 Å². The van der Waals surface area contributed by atoms with Crippen molar-refractivity contribution in [1.82, 2.24) is 9.62 Å². The number of carbonyl (C=O) groups is 1. The first-order valence-corrected chi connectivity index (χ1v) is 11.6. The highest BCUT2D eigenvalue weighted by Crippen LogP contribution is 2.26. The number of nitrogens with one attached hydrogen (secondary N) is 1. The number of rotatable bonds is 8. The lowest BCUT2D eigenvalue weighted by molar-refractivity contribution is 0.0300. The summed E-state index contributed by atoms with van der Waals surface area (Å²) in [7, 11) is -2.42. The van der Waals surface area contributed by atoms with E-state index >= 15 is 0 Å². The van der Waals surface area contributed by atoms with E-state index in [0.717, 1.165) is 11.3 Å². The Balaban J connectivity index is 1.82. The third-order valence-corrected chi connectivity index (χ3v) is 6.57. The summed E-state index contributed by atoms with van der Waals surface area (Å²) in [6, 6.07) is 11.1. The fourth-order valence-corrected chi connectivity index (χ4v) is 4.60. The summed E-state index contributed by atoms with van der Waals surface area (Å²) in [5.74, 6) is 0.773. The smallest absolute Gasteiger partial charge is 0.257 e. The summed E-state index contributed by atoms with van der Waals surface area (Å²) in [4.78, 5) is 14.6. The lowest BCUT2D eigenvalue weighted by Crippen LogP contribution is -2.40. The molecule has 1 aliphatic rings. The zero-order valence-corrected chi connectivity index (χ0v) is 18.8. The van der Waals surface area contributed by atoms with E-state index < -0.39 is 16.1 Å². The number of hydrogen-bond acceptors (Lipinski definition) is 6. The van der Waals surface area contributed by atoms with Crippen LogP contribution in [0.2, 0.25) is 0 Å². The van der Waals surface area contributed by atoms with Crippen LogP contribution >= 0.6 is 0 Å². The molecule has 1 fully saturated rings. The van der Waals surface area contributed by atoms with Gasteiger partial charge in [-0.1, -0.05) is 12.1 Å².